The summed E-state index contributed by atoms with van der Waals surface area (Å²) in [6.45, 7) is 18.6. The molecule has 0 bridgehead atoms. The number of rotatable bonds is 7. The lowest BCUT2D eigenvalue weighted by atomic mass is 10.1. The zero-order chi connectivity index (χ0) is 16.0. The summed E-state index contributed by atoms with van der Waals surface area (Å²) in [7, 11) is 0. The maximum absolute atomic E-state index is 4.67. The van der Waals surface area contributed by atoms with Crippen molar-refractivity contribution in [1.82, 2.24) is 10.3 Å². The number of hydrogen-bond acceptors (Lipinski definition) is 3. The van der Waals surface area contributed by atoms with Crippen LogP contribution in [0, 0.1) is 11.8 Å². The van der Waals surface area contributed by atoms with Crippen LogP contribution in [0.1, 0.15) is 54.0 Å². The molecular weight excluding hydrogens is 258 g/mol. The molecule has 21 heavy (non-hydrogen) atoms. The quantitative estimate of drug-likeness (QED) is 0.820. The molecule has 0 aromatic carbocycles. The Balaban J connectivity index is 2.95. The van der Waals surface area contributed by atoms with E-state index in [1.165, 1.54) is 5.56 Å². The standard InChI is InChI=1S/C18H33N3/c1-14(2)12-21(13-15(3)4)17-16(9-8-10-19-17)11-20-18(5,6)7/h8-10,14-15,20H,11-13H2,1-7H3. The Morgan fingerprint density at radius 2 is 1.67 bits per heavy atom. The van der Waals surface area contributed by atoms with E-state index in [0.717, 1.165) is 25.5 Å². The van der Waals surface area contributed by atoms with Gasteiger partial charge in [-0.15, -0.1) is 0 Å². The zero-order valence-corrected chi connectivity index (χ0v) is 14.9. The molecule has 0 aliphatic heterocycles. The van der Waals surface area contributed by atoms with E-state index in [1.807, 2.05) is 12.3 Å². The molecule has 1 heterocycles. The maximum Gasteiger partial charge on any atom is 0.133 e. The number of pyridine rings is 1. The second-order valence-electron chi connectivity index (χ2n) is 7.78. The highest BCUT2D eigenvalue weighted by Crippen LogP contribution is 2.20. The minimum atomic E-state index is 0.119. The third-order valence-corrected chi connectivity index (χ3v) is 3.15. The first-order valence-electron chi connectivity index (χ1n) is 8.13. The number of aromatic nitrogens is 1. The van der Waals surface area contributed by atoms with Crippen LogP contribution < -0.4 is 10.2 Å². The van der Waals surface area contributed by atoms with Gasteiger partial charge in [-0.2, -0.15) is 0 Å². The van der Waals surface area contributed by atoms with Crippen molar-refractivity contribution < 1.29 is 0 Å². The minimum absolute atomic E-state index is 0.119. The molecule has 0 aliphatic rings. The van der Waals surface area contributed by atoms with Gasteiger partial charge in [-0.3, -0.25) is 0 Å². The molecule has 1 aromatic heterocycles. The molecule has 1 rings (SSSR count). The van der Waals surface area contributed by atoms with Crippen molar-refractivity contribution in [3.05, 3.63) is 23.9 Å². The summed E-state index contributed by atoms with van der Waals surface area (Å²) in [5, 5.41) is 3.57. The van der Waals surface area contributed by atoms with Gasteiger partial charge in [-0.05, 0) is 38.7 Å². The van der Waals surface area contributed by atoms with Crippen LogP contribution in [0.15, 0.2) is 18.3 Å². The number of anilines is 1. The summed E-state index contributed by atoms with van der Waals surface area (Å²) in [5.41, 5.74) is 1.40. The molecule has 0 aliphatic carbocycles. The summed E-state index contributed by atoms with van der Waals surface area (Å²) in [4.78, 5) is 7.11. The van der Waals surface area contributed by atoms with E-state index in [2.05, 4.69) is 69.7 Å². The fourth-order valence-corrected chi connectivity index (χ4v) is 2.34. The predicted octanol–water partition coefficient (Wildman–Crippen LogP) is 4.09. The monoisotopic (exact) mass is 291 g/mol. The first-order chi connectivity index (χ1) is 9.69. The van der Waals surface area contributed by atoms with Gasteiger partial charge in [0.15, 0.2) is 0 Å². The molecule has 1 aromatic rings. The fraction of sp³-hybridized carbons (Fsp3) is 0.722. The van der Waals surface area contributed by atoms with Crippen molar-refractivity contribution in [2.45, 2.75) is 60.5 Å². The van der Waals surface area contributed by atoms with Crippen LogP contribution in [-0.2, 0) is 6.54 Å². The van der Waals surface area contributed by atoms with Gasteiger partial charge in [0.2, 0.25) is 0 Å². The Kier molecular flexibility index (Phi) is 6.66. The van der Waals surface area contributed by atoms with Gasteiger partial charge < -0.3 is 10.2 Å². The molecular formula is C18H33N3. The largest absolute Gasteiger partial charge is 0.356 e. The SMILES string of the molecule is CC(C)CN(CC(C)C)c1ncccc1CNC(C)(C)C. The first-order valence-corrected chi connectivity index (χ1v) is 8.13. The van der Waals surface area contributed by atoms with E-state index in [9.17, 15) is 0 Å². The molecule has 3 heteroatoms. The molecule has 0 amide bonds. The summed E-state index contributed by atoms with van der Waals surface area (Å²) >= 11 is 0. The number of nitrogens with zero attached hydrogens (tertiary/aromatic N) is 2. The van der Waals surface area contributed by atoms with Gasteiger partial charge in [-0.25, -0.2) is 4.98 Å². The van der Waals surface area contributed by atoms with Crippen molar-refractivity contribution in [1.29, 1.82) is 0 Å². The molecule has 0 unspecified atom stereocenters. The summed E-state index contributed by atoms with van der Waals surface area (Å²) in [6, 6.07) is 4.22. The van der Waals surface area contributed by atoms with Crippen LogP contribution in [-0.4, -0.2) is 23.6 Å². The van der Waals surface area contributed by atoms with Crippen LogP contribution in [0.5, 0.6) is 0 Å². The topological polar surface area (TPSA) is 28.2 Å². The molecule has 1 N–H and O–H groups in total. The zero-order valence-electron chi connectivity index (χ0n) is 14.9. The molecule has 0 saturated carbocycles. The normalized spacial score (nSPS) is 12.2. The van der Waals surface area contributed by atoms with E-state index in [1.54, 1.807) is 0 Å². The van der Waals surface area contributed by atoms with Crippen molar-refractivity contribution in [2.75, 3.05) is 18.0 Å². The van der Waals surface area contributed by atoms with Gasteiger partial charge in [-0.1, -0.05) is 33.8 Å². The van der Waals surface area contributed by atoms with Crippen LogP contribution in [0.3, 0.4) is 0 Å². The van der Waals surface area contributed by atoms with E-state index in [-0.39, 0.29) is 5.54 Å². The van der Waals surface area contributed by atoms with Gasteiger partial charge >= 0.3 is 0 Å². The van der Waals surface area contributed by atoms with Crippen LogP contribution >= 0.6 is 0 Å². The summed E-state index contributed by atoms with van der Waals surface area (Å²) in [5.74, 6) is 2.40. The molecule has 0 spiro atoms. The Morgan fingerprint density at radius 1 is 1.10 bits per heavy atom. The Bertz CT molecular complexity index is 409. The van der Waals surface area contributed by atoms with Crippen molar-refractivity contribution >= 4 is 5.82 Å². The lowest BCUT2D eigenvalue weighted by molar-refractivity contribution is 0.423. The summed E-state index contributed by atoms with van der Waals surface area (Å²) < 4.78 is 0. The molecule has 120 valence electrons. The van der Waals surface area contributed by atoms with Gasteiger partial charge in [0.1, 0.15) is 5.82 Å². The van der Waals surface area contributed by atoms with Crippen LogP contribution in [0.4, 0.5) is 5.82 Å². The van der Waals surface area contributed by atoms with E-state index in [4.69, 9.17) is 0 Å². The third-order valence-electron chi connectivity index (χ3n) is 3.15. The fourth-order valence-electron chi connectivity index (χ4n) is 2.34. The Hall–Kier alpha value is -1.09. The number of hydrogen-bond donors (Lipinski definition) is 1. The molecule has 0 atom stereocenters. The maximum atomic E-state index is 4.67. The van der Waals surface area contributed by atoms with E-state index in [0.29, 0.717) is 11.8 Å². The second kappa shape index (κ2) is 7.79. The molecule has 0 saturated heterocycles. The van der Waals surface area contributed by atoms with Gasteiger partial charge in [0, 0.05) is 36.9 Å². The Morgan fingerprint density at radius 3 is 2.14 bits per heavy atom. The summed E-state index contributed by atoms with van der Waals surface area (Å²) in [6.07, 6.45) is 1.91. The van der Waals surface area contributed by atoms with Gasteiger partial charge in [0.05, 0.1) is 0 Å². The highest BCUT2D eigenvalue weighted by Gasteiger charge is 2.17. The third kappa shape index (κ3) is 6.94. The lowest BCUT2D eigenvalue weighted by Crippen LogP contribution is -2.37. The Labute approximate surface area is 131 Å². The second-order valence-corrected chi connectivity index (χ2v) is 7.78. The number of nitrogens with one attached hydrogen (secondary N) is 1. The smallest absolute Gasteiger partial charge is 0.133 e. The van der Waals surface area contributed by atoms with Crippen molar-refractivity contribution in [3.63, 3.8) is 0 Å². The lowest BCUT2D eigenvalue weighted by Gasteiger charge is -2.30. The van der Waals surface area contributed by atoms with E-state index >= 15 is 0 Å². The average Bonchev–Trinajstić information content (AvgIpc) is 2.34. The minimum Gasteiger partial charge on any atom is -0.356 e. The average molecular weight is 291 g/mol. The highest BCUT2D eigenvalue weighted by molar-refractivity contribution is 5.46. The van der Waals surface area contributed by atoms with Crippen LogP contribution in [0.2, 0.25) is 0 Å². The van der Waals surface area contributed by atoms with Crippen molar-refractivity contribution in [2.24, 2.45) is 11.8 Å². The van der Waals surface area contributed by atoms with Gasteiger partial charge in [0.25, 0.3) is 0 Å². The predicted molar refractivity (Wildman–Crippen MR) is 92.7 cm³/mol. The van der Waals surface area contributed by atoms with Crippen LogP contribution in [0.25, 0.3) is 0 Å². The van der Waals surface area contributed by atoms with Crippen molar-refractivity contribution in [3.8, 4) is 0 Å². The first kappa shape index (κ1) is 18.0. The molecule has 0 fully saturated rings. The highest BCUT2D eigenvalue weighted by atomic mass is 15.2. The molecule has 0 radical (unpaired) electrons. The molecule has 3 nitrogen and oxygen atoms in total. The van der Waals surface area contributed by atoms with E-state index < -0.39 is 0 Å².